The molecule has 116 valence electrons. The van der Waals surface area contributed by atoms with E-state index in [2.05, 4.69) is 4.98 Å². The fourth-order valence-corrected chi connectivity index (χ4v) is 3.21. The van der Waals surface area contributed by atoms with Gasteiger partial charge in [0.15, 0.2) is 0 Å². The molecule has 0 aliphatic carbocycles. The SMILES string of the molecule is CCOC(=O)c1ccc(N2CCC[C@@H](S(N)(=O)=O)C2)nc1. The van der Waals surface area contributed by atoms with Crippen LogP contribution in [0.25, 0.3) is 0 Å². The van der Waals surface area contributed by atoms with Gasteiger partial charge in [-0.1, -0.05) is 0 Å². The van der Waals surface area contributed by atoms with Gasteiger partial charge in [0, 0.05) is 19.3 Å². The largest absolute Gasteiger partial charge is 0.462 e. The van der Waals surface area contributed by atoms with Gasteiger partial charge in [0.1, 0.15) is 5.82 Å². The number of primary sulfonamides is 1. The van der Waals surface area contributed by atoms with Crippen molar-refractivity contribution in [3.05, 3.63) is 23.9 Å². The Bertz CT molecular complexity index is 600. The molecule has 1 atom stereocenters. The Morgan fingerprint density at radius 3 is 2.86 bits per heavy atom. The molecule has 1 aromatic rings. The number of carbonyl (C=O) groups is 1. The first-order valence-electron chi connectivity index (χ1n) is 6.81. The number of anilines is 1. The van der Waals surface area contributed by atoms with Gasteiger partial charge in [-0.2, -0.15) is 0 Å². The van der Waals surface area contributed by atoms with Crippen molar-refractivity contribution in [2.75, 3.05) is 24.6 Å². The number of nitrogens with zero attached hydrogens (tertiary/aromatic N) is 2. The number of sulfonamides is 1. The highest BCUT2D eigenvalue weighted by Gasteiger charge is 2.28. The lowest BCUT2D eigenvalue weighted by atomic mass is 10.1. The molecule has 0 radical (unpaired) electrons. The molecule has 1 aliphatic rings. The second kappa shape index (κ2) is 6.40. The highest BCUT2D eigenvalue weighted by atomic mass is 32.2. The second-order valence-electron chi connectivity index (χ2n) is 4.92. The van der Waals surface area contributed by atoms with E-state index in [0.717, 1.165) is 13.0 Å². The molecule has 0 amide bonds. The maximum absolute atomic E-state index is 11.5. The Morgan fingerprint density at radius 2 is 2.29 bits per heavy atom. The number of carbonyl (C=O) groups excluding carboxylic acids is 1. The Morgan fingerprint density at radius 1 is 1.52 bits per heavy atom. The van der Waals surface area contributed by atoms with Crippen molar-refractivity contribution in [2.45, 2.75) is 25.0 Å². The van der Waals surface area contributed by atoms with Gasteiger partial charge >= 0.3 is 5.97 Å². The third-order valence-corrected chi connectivity index (χ3v) is 4.74. The molecule has 0 saturated carbocycles. The lowest BCUT2D eigenvalue weighted by Crippen LogP contribution is -2.45. The zero-order valence-corrected chi connectivity index (χ0v) is 12.7. The average Bonchev–Trinajstić information content (AvgIpc) is 2.47. The Kier molecular flexibility index (Phi) is 4.79. The van der Waals surface area contributed by atoms with E-state index in [-0.39, 0.29) is 0 Å². The summed E-state index contributed by atoms with van der Waals surface area (Å²) in [4.78, 5) is 17.6. The van der Waals surface area contributed by atoms with Crippen molar-refractivity contribution >= 4 is 21.8 Å². The van der Waals surface area contributed by atoms with Gasteiger partial charge in [-0.05, 0) is 31.9 Å². The van der Waals surface area contributed by atoms with Crippen molar-refractivity contribution in [1.29, 1.82) is 0 Å². The zero-order chi connectivity index (χ0) is 15.5. The maximum Gasteiger partial charge on any atom is 0.339 e. The Hall–Kier alpha value is -1.67. The molecule has 1 aromatic heterocycles. The molecule has 2 rings (SSSR count). The molecule has 0 spiro atoms. The van der Waals surface area contributed by atoms with Gasteiger partial charge in [0.2, 0.25) is 10.0 Å². The van der Waals surface area contributed by atoms with Crippen LogP contribution in [0.3, 0.4) is 0 Å². The summed E-state index contributed by atoms with van der Waals surface area (Å²) in [7, 11) is -3.54. The minimum atomic E-state index is -3.54. The topological polar surface area (TPSA) is 103 Å². The first-order chi connectivity index (χ1) is 9.91. The molecular formula is C13H19N3O4S. The van der Waals surface area contributed by atoms with E-state index in [0.29, 0.717) is 31.0 Å². The van der Waals surface area contributed by atoms with E-state index in [4.69, 9.17) is 9.88 Å². The third kappa shape index (κ3) is 3.92. The second-order valence-corrected chi connectivity index (χ2v) is 6.77. The summed E-state index contributed by atoms with van der Waals surface area (Å²) < 4.78 is 27.8. The summed E-state index contributed by atoms with van der Waals surface area (Å²) in [6.45, 7) is 3.09. The highest BCUT2D eigenvalue weighted by molar-refractivity contribution is 7.89. The van der Waals surface area contributed by atoms with Crippen LogP contribution in [-0.4, -0.2) is 44.3 Å². The van der Waals surface area contributed by atoms with E-state index in [9.17, 15) is 13.2 Å². The van der Waals surface area contributed by atoms with E-state index >= 15 is 0 Å². The van der Waals surface area contributed by atoms with Crippen LogP contribution in [0.4, 0.5) is 5.82 Å². The fourth-order valence-electron chi connectivity index (χ4n) is 2.32. The summed E-state index contributed by atoms with van der Waals surface area (Å²) in [5, 5.41) is 4.64. The van der Waals surface area contributed by atoms with Crippen molar-refractivity contribution in [2.24, 2.45) is 5.14 Å². The van der Waals surface area contributed by atoms with Crippen LogP contribution < -0.4 is 10.0 Å². The van der Waals surface area contributed by atoms with Crippen molar-refractivity contribution < 1.29 is 17.9 Å². The number of hydrogen-bond acceptors (Lipinski definition) is 6. The van der Waals surface area contributed by atoms with E-state index in [1.54, 1.807) is 19.1 Å². The predicted octanol–water partition coefficient (Wildman–Crippen LogP) is 0.516. The summed E-state index contributed by atoms with van der Waals surface area (Å²) in [6, 6.07) is 3.32. The summed E-state index contributed by atoms with van der Waals surface area (Å²) >= 11 is 0. The summed E-state index contributed by atoms with van der Waals surface area (Å²) in [6.07, 6.45) is 2.74. The number of esters is 1. The monoisotopic (exact) mass is 313 g/mol. The predicted molar refractivity (Wildman–Crippen MR) is 78.5 cm³/mol. The van der Waals surface area contributed by atoms with Crippen LogP contribution in [-0.2, 0) is 14.8 Å². The first-order valence-corrected chi connectivity index (χ1v) is 8.42. The van der Waals surface area contributed by atoms with Gasteiger partial charge in [-0.15, -0.1) is 0 Å². The zero-order valence-electron chi connectivity index (χ0n) is 11.9. The highest BCUT2D eigenvalue weighted by Crippen LogP contribution is 2.21. The molecule has 0 aromatic carbocycles. The molecule has 2 N–H and O–H groups in total. The van der Waals surface area contributed by atoms with E-state index in [1.807, 2.05) is 4.90 Å². The normalized spacial score (nSPS) is 19.3. The number of aromatic nitrogens is 1. The Balaban J connectivity index is 2.10. The maximum atomic E-state index is 11.5. The van der Waals surface area contributed by atoms with Crippen LogP contribution in [0.5, 0.6) is 0 Å². The molecule has 8 heteroatoms. The molecule has 2 heterocycles. The van der Waals surface area contributed by atoms with Gasteiger partial charge in [0.05, 0.1) is 17.4 Å². The minimum Gasteiger partial charge on any atom is -0.462 e. The molecule has 0 unspecified atom stereocenters. The molecule has 0 bridgehead atoms. The minimum absolute atomic E-state index is 0.308. The number of rotatable bonds is 4. The molecular weight excluding hydrogens is 294 g/mol. The van der Waals surface area contributed by atoms with Crippen molar-refractivity contribution in [3.8, 4) is 0 Å². The fraction of sp³-hybridized carbons (Fsp3) is 0.538. The van der Waals surface area contributed by atoms with Gasteiger partial charge in [-0.3, -0.25) is 0 Å². The van der Waals surface area contributed by atoms with Crippen molar-refractivity contribution in [1.82, 2.24) is 4.98 Å². The lowest BCUT2D eigenvalue weighted by Gasteiger charge is -2.32. The number of nitrogens with two attached hydrogens (primary N) is 1. The lowest BCUT2D eigenvalue weighted by molar-refractivity contribution is 0.0526. The molecule has 1 saturated heterocycles. The van der Waals surface area contributed by atoms with Crippen LogP contribution in [0.15, 0.2) is 18.3 Å². The quantitative estimate of drug-likeness (QED) is 0.813. The number of hydrogen-bond donors (Lipinski definition) is 1. The smallest absolute Gasteiger partial charge is 0.339 e. The summed E-state index contributed by atoms with van der Waals surface area (Å²) in [5.74, 6) is 0.217. The molecule has 21 heavy (non-hydrogen) atoms. The van der Waals surface area contributed by atoms with Crippen LogP contribution in [0, 0.1) is 0 Å². The summed E-state index contributed by atoms with van der Waals surface area (Å²) in [5.41, 5.74) is 0.376. The van der Waals surface area contributed by atoms with Gasteiger partial charge < -0.3 is 9.64 Å². The first kappa shape index (κ1) is 15.7. The number of ether oxygens (including phenoxy) is 1. The van der Waals surface area contributed by atoms with Gasteiger partial charge in [-0.25, -0.2) is 23.3 Å². The number of piperidine rings is 1. The van der Waals surface area contributed by atoms with Crippen LogP contribution in [0.1, 0.15) is 30.1 Å². The standard InChI is InChI=1S/C13H19N3O4S/c1-2-20-13(17)10-5-6-12(15-8-10)16-7-3-4-11(9-16)21(14,18)19/h5-6,8,11H,2-4,7,9H2,1H3,(H2,14,18,19)/t11-/m1/s1. The van der Waals surface area contributed by atoms with Crippen molar-refractivity contribution in [3.63, 3.8) is 0 Å². The molecule has 1 fully saturated rings. The third-order valence-electron chi connectivity index (χ3n) is 3.43. The van der Waals surface area contributed by atoms with E-state index in [1.165, 1.54) is 6.20 Å². The Labute approximate surface area is 124 Å². The van der Waals surface area contributed by atoms with Crippen LogP contribution >= 0.6 is 0 Å². The number of pyridine rings is 1. The van der Waals surface area contributed by atoms with Gasteiger partial charge in [0.25, 0.3) is 0 Å². The van der Waals surface area contributed by atoms with E-state index < -0.39 is 21.2 Å². The average molecular weight is 313 g/mol. The molecule has 7 nitrogen and oxygen atoms in total. The molecule has 1 aliphatic heterocycles. The van der Waals surface area contributed by atoms with Crippen LogP contribution in [0.2, 0.25) is 0 Å².